The van der Waals surface area contributed by atoms with Crippen molar-refractivity contribution in [2.75, 3.05) is 25.0 Å². The molecular formula is C21H24N6O2. The lowest BCUT2D eigenvalue weighted by Gasteiger charge is -2.38. The number of nitrogens with one attached hydrogen (secondary N) is 1. The number of tetrazole rings is 1. The van der Waals surface area contributed by atoms with Gasteiger partial charge in [0.05, 0.1) is 5.69 Å². The van der Waals surface area contributed by atoms with E-state index in [4.69, 9.17) is 0 Å². The van der Waals surface area contributed by atoms with Crippen LogP contribution in [0.5, 0.6) is 0 Å². The highest BCUT2D eigenvalue weighted by Gasteiger charge is 2.32. The first-order chi connectivity index (χ1) is 14.2. The zero-order valence-corrected chi connectivity index (χ0v) is 16.3. The Morgan fingerprint density at radius 3 is 2.79 bits per heavy atom. The number of aryl methyl sites for hydroxylation is 1. The molecule has 2 amide bonds. The number of likely N-dealkylation sites (tertiary alicyclic amines) is 1. The van der Waals surface area contributed by atoms with E-state index in [1.807, 2.05) is 43.3 Å². The van der Waals surface area contributed by atoms with Crippen LogP contribution in [0.2, 0.25) is 0 Å². The first-order valence-electron chi connectivity index (χ1n) is 9.71. The SMILES string of the molecule is Cc1ccc(-n2cnnn2)cc1NC(=O)N1CC[C@@H](c2ccccc2)[C@@H](CO)C1. The van der Waals surface area contributed by atoms with Crippen molar-refractivity contribution in [3.8, 4) is 5.69 Å². The number of nitrogens with zero attached hydrogens (tertiary/aromatic N) is 5. The Morgan fingerprint density at radius 2 is 2.07 bits per heavy atom. The minimum atomic E-state index is -0.160. The lowest BCUT2D eigenvalue weighted by molar-refractivity contribution is 0.119. The maximum atomic E-state index is 12.9. The Kier molecular flexibility index (Phi) is 5.53. The van der Waals surface area contributed by atoms with Gasteiger partial charge in [0.15, 0.2) is 0 Å². The molecule has 1 saturated heterocycles. The number of piperidine rings is 1. The van der Waals surface area contributed by atoms with Crippen LogP contribution in [0.4, 0.5) is 10.5 Å². The third-order valence-corrected chi connectivity index (χ3v) is 5.56. The van der Waals surface area contributed by atoms with E-state index < -0.39 is 0 Å². The second kappa shape index (κ2) is 8.40. The minimum Gasteiger partial charge on any atom is -0.396 e. The summed E-state index contributed by atoms with van der Waals surface area (Å²) in [6.07, 6.45) is 2.34. The van der Waals surface area contributed by atoms with E-state index in [9.17, 15) is 9.90 Å². The van der Waals surface area contributed by atoms with Crippen LogP contribution in [-0.4, -0.2) is 55.9 Å². The molecule has 8 nitrogen and oxygen atoms in total. The molecule has 150 valence electrons. The van der Waals surface area contributed by atoms with Gasteiger partial charge in [-0.2, -0.15) is 0 Å². The molecule has 1 aliphatic heterocycles. The average molecular weight is 392 g/mol. The Balaban J connectivity index is 1.46. The molecule has 0 unspecified atom stereocenters. The number of aromatic nitrogens is 4. The van der Waals surface area contributed by atoms with Crippen LogP contribution in [0.15, 0.2) is 54.9 Å². The summed E-state index contributed by atoms with van der Waals surface area (Å²) in [5.74, 6) is 0.278. The lowest BCUT2D eigenvalue weighted by Crippen LogP contribution is -2.46. The van der Waals surface area contributed by atoms with Gasteiger partial charge in [-0.3, -0.25) is 0 Å². The van der Waals surface area contributed by atoms with Crippen LogP contribution in [-0.2, 0) is 0 Å². The van der Waals surface area contributed by atoms with Crippen molar-refractivity contribution in [3.63, 3.8) is 0 Å². The number of anilines is 1. The summed E-state index contributed by atoms with van der Waals surface area (Å²) in [6, 6.07) is 15.7. The number of rotatable bonds is 4. The fourth-order valence-corrected chi connectivity index (χ4v) is 3.90. The zero-order valence-electron chi connectivity index (χ0n) is 16.3. The number of urea groups is 1. The molecule has 2 N–H and O–H groups in total. The highest BCUT2D eigenvalue weighted by Crippen LogP contribution is 2.33. The molecule has 0 spiro atoms. The summed E-state index contributed by atoms with van der Waals surface area (Å²) in [4.78, 5) is 14.7. The van der Waals surface area contributed by atoms with Gasteiger partial charge >= 0.3 is 6.03 Å². The maximum Gasteiger partial charge on any atom is 0.321 e. The number of aliphatic hydroxyl groups excluding tert-OH is 1. The van der Waals surface area contributed by atoms with Gasteiger partial charge in [0.2, 0.25) is 0 Å². The Hall–Kier alpha value is -3.26. The first kappa shape index (κ1) is 19.1. The highest BCUT2D eigenvalue weighted by atomic mass is 16.3. The number of hydrogen-bond donors (Lipinski definition) is 2. The number of carbonyl (C=O) groups is 1. The number of benzene rings is 2. The van der Waals surface area contributed by atoms with Crippen molar-refractivity contribution in [2.45, 2.75) is 19.3 Å². The molecule has 0 saturated carbocycles. The average Bonchev–Trinajstić information content (AvgIpc) is 3.30. The summed E-state index contributed by atoms with van der Waals surface area (Å²) in [5.41, 5.74) is 3.66. The first-order valence-corrected chi connectivity index (χ1v) is 9.71. The zero-order chi connectivity index (χ0) is 20.2. The predicted octanol–water partition coefficient (Wildman–Crippen LogP) is 2.60. The summed E-state index contributed by atoms with van der Waals surface area (Å²) in [6.45, 7) is 3.16. The van der Waals surface area contributed by atoms with Crippen molar-refractivity contribution in [1.82, 2.24) is 25.1 Å². The highest BCUT2D eigenvalue weighted by molar-refractivity contribution is 5.90. The fourth-order valence-electron chi connectivity index (χ4n) is 3.90. The summed E-state index contributed by atoms with van der Waals surface area (Å²) in [5, 5.41) is 24.1. The molecule has 1 fully saturated rings. The summed E-state index contributed by atoms with van der Waals surface area (Å²) in [7, 11) is 0. The van der Waals surface area contributed by atoms with E-state index in [0.717, 1.165) is 17.7 Å². The van der Waals surface area contributed by atoms with Gasteiger partial charge in [-0.1, -0.05) is 36.4 Å². The van der Waals surface area contributed by atoms with Crippen LogP contribution >= 0.6 is 0 Å². The standard InChI is InChI=1S/C21H24N6O2/c1-15-7-8-18(27-14-22-24-25-27)11-20(15)23-21(29)26-10-9-19(17(12-26)13-28)16-5-3-2-4-6-16/h2-8,11,14,17,19,28H,9-10,12-13H2,1H3,(H,23,29)/t17-,19+/m1/s1. The van der Waals surface area contributed by atoms with Crippen molar-refractivity contribution < 1.29 is 9.90 Å². The molecule has 1 aliphatic rings. The van der Waals surface area contributed by atoms with Crippen LogP contribution in [0, 0.1) is 12.8 Å². The van der Waals surface area contributed by atoms with E-state index in [2.05, 4.69) is 33.0 Å². The fraction of sp³-hybridized carbons (Fsp3) is 0.333. The van der Waals surface area contributed by atoms with E-state index in [-0.39, 0.29) is 24.5 Å². The van der Waals surface area contributed by atoms with Gasteiger partial charge < -0.3 is 15.3 Å². The van der Waals surface area contributed by atoms with Gasteiger partial charge in [-0.25, -0.2) is 9.48 Å². The molecule has 0 aliphatic carbocycles. The molecule has 0 bridgehead atoms. The monoisotopic (exact) mass is 392 g/mol. The van der Waals surface area contributed by atoms with Crippen LogP contribution < -0.4 is 5.32 Å². The van der Waals surface area contributed by atoms with E-state index in [0.29, 0.717) is 18.8 Å². The molecule has 2 aromatic carbocycles. The Bertz CT molecular complexity index is 961. The van der Waals surface area contributed by atoms with Gasteiger partial charge in [0.1, 0.15) is 6.33 Å². The largest absolute Gasteiger partial charge is 0.396 e. The quantitative estimate of drug-likeness (QED) is 0.711. The molecule has 0 radical (unpaired) electrons. The second-order valence-corrected chi connectivity index (χ2v) is 7.38. The normalized spacial score (nSPS) is 19.2. The molecular weight excluding hydrogens is 368 g/mol. The van der Waals surface area contributed by atoms with Gasteiger partial charge in [0.25, 0.3) is 0 Å². The summed E-state index contributed by atoms with van der Waals surface area (Å²) < 4.78 is 1.54. The Morgan fingerprint density at radius 1 is 1.24 bits per heavy atom. The van der Waals surface area contributed by atoms with E-state index in [1.165, 1.54) is 11.9 Å². The number of hydrogen-bond acceptors (Lipinski definition) is 5. The molecule has 3 aromatic rings. The van der Waals surface area contributed by atoms with Gasteiger partial charge in [-0.15, -0.1) is 5.10 Å². The number of carbonyl (C=O) groups excluding carboxylic acids is 1. The third-order valence-electron chi connectivity index (χ3n) is 5.56. The smallest absolute Gasteiger partial charge is 0.321 e. The predicted molar refractivity (Wildman–Crippen MR) is 109 cm³/mol. The second-order valence-electron chi connectivity index (χ2n) is 7.38. The van der Waals surface area contributed by atoms with Crippen molar-refractivity contribution >= 4 is 11.7 Å². The van der Waals surface area contributed by atoms with Crippen LogP contribution in [0.1, 0.15) is 23.5 Å². The van der Waals surface area contributed by atoms with Gasteiger partial charge in [0, 0.05) is 31.3 Å². The van der Waals surface area contributed by atoms with E-state index >= 15 is 0 Å². The molecule has 2 heterocycles. The van der Waals surface area contributed by atoms with E-state index in [1.54, 1.807) is 9.58 Å². The lowest BCUT2D eigenvalue weighted by atomic mass is 9.81. The molecule has 29 heavy (non-hydrogen) atoms. The summed E-state index contributed by atoms with van der Waals surface area (Å²) >= 11 is 0. The minimum absolute atomic E-state index is 0.0190. The van der Waals surface area contributed by atoms with Crippen LogP contribution in [0.25, 0.3) is 5.69 Å². The molecule has 4 rings (SSSR count). The maximum absolute atomic E-state index is 12.9. The molecule has 1 aromatic heterocycles. The van der Waals surface area contributed by atoms with Crippen LogP contribution in [0.3, 0.4) is 0 Å². The van der Waals surface area contributed by atoms with Crippen molar-refractivity contribution in [2.24, 2.45) is 5.92 Å². The molecule has 2 atom stereocenters. The van der Waals surface area contributed by atoms with Gasteiger partial charge in [-0.05, 0) is 52.9 Å². The van der Waals surface area contributed by atoms with Crippen molar-refractivity contribution in [3.05, 3.63) is 66.0 Å². The topological polar surface area (TPSA) is 96.2 Å². The number of aliphatic hydroxyl groups is 1. The van der Waals surface area contributed by atoms with Crippen molar-refractivity contribution in [1.29, 1.82) is 0 Å². The Labute approximate surface area is 169 Å². The number of amides is 2. The third kappa shape index (κ3) is 4.12. The molecule has 8 heteroatoms.